The van der Waals surface area contributed by atoms with E-state index in [-0.39, 0.29) is 127 Å². The van der Waals surface area contributed by atoms with Crippen LogP contribution in [0.25, 0.3) is 89.2 Å². The molecule has 0 radical (unpaired) electrons. The van der Waals surface area contributed by atoms with E-state index >= 15 is 0 Å². The molecule has 728 valence electrons. The van der Waals surface area contributed by atoms with Crippen LogP contribution in [0, 0.1) is 74.2 Å². The van der Waals surface area contributed by atoms with Crippen LogP contribution in [0.3, 0.4) is 0 Å². The summed E-state index contributed by atoms with van der Waals surface area (Å²) in [4.78, 5) is 77.2. The van der Waals surface area contributed by atoms with Gasteiger partial charge in [-0.2, -0.15) is 0 Å². The maximum Gasteiger partial charge on any atom is 0.256 e. The molecule has 0 atom stereocenters. The Morgan fingerprint density at radius 3 is 0.900 bits per heavy atom. The van der Waals surface area contributed by atoms with E-state index in [2.05, 4.69) is 149 Å². The highest BCUT2D eigenvalue weighted by Gasteiger charge is 2.28. The Bertz CT molecular complexity index is 7270. The molecule has 0 unspecified atom stereocenters. The number of nitrogens with one attached hydrogen (secondary N) is 6. The van der Waals surface area contributed by atoms with Crippen molar-refractivity contribution in [1.82, 2.24) is 128 Å². The Balaban J connectivity index is 0.000000129. The fourth-order valence-corrected chi connectivity index (χ4v) is 17.2. The van der Waals surface area contributed by atoms with Gasteiger partial charge in [0.25, 0.3) is 12.9 Å². The molecule has 140 heavy (non-hydrogen) atoms. The third-order valence-corrected chi connectivity index (χ3v) is 24.1. The molecule has 0 fully saturated rings. The zero-order chi connectivity index (χ0) is 98.4. The number of aromatic nitrogens is 20. The fraction of sp³-hybridized carbons (Fsp3) is 0.333. The molecule has 0 spiro atoms. The first-order chi connectivity index (χ1) is 67.4. The number of imidazole rings is 4. The van der Waals surface area contributed by atoms with Crippen molar-refractivity contribution in [2.45, 2.75) is 119 Å². The average Bonchev–Trinajstić information content (AvgIpc) is 1.62. The number of halogens is 14. The van der Waals surface area contributed by atoms with E-state index in [1.165, 1.54) is 52.8 Å². The predicted octanol–water partition coefficient (Wildman–Crippen LogP) is 16.5. The average molecular weight is 1940 g/mol. The lowest BCUT2D eigenvalue weighted by Crippen LogP contribution is -2.36. The minimum atomic E-state index is -2.66. The van der Waals surface area contributed by atoms with Crippen molar-refractivity contribution in [3.05, 3.63) is 237 Å². The number of anilines is 8. The van der Waals surface area contributed by atoms with Gasteiger partial charge < -0.3 is 60.0 Å². The summed E-state index contributed by atoms with van der Waals surface area (Å²) in [5.41, 5.74) is 9.77. The molecule has 0 aliphatic carbocycles. The van der Waals surface area contributed by atoms with Gasteiger partial charge >= 0.3 is 0 Å². The number of benzene rings is 4. The Kier molecular flexibility index (Phi) is 29.6. The molecule has 4 aliphatic rings. The molecule has 6 N–H and O–H groups in total. The standard InChI is InChI=1S/C26H28F4N8.C26H29F3N8.C22H19F4N7.C22H20F3N7/c1-15-32-25-18(27)10-17(11-21(25)38(15)14-22(29)30)24-19(28)12-31-26(35-24)34-23-5-4-16-13-37(9-8-36(2)3)7-6-20(16)33-23;1-16-31-25-19(28)12-18(13-22(25)37(16)9-7-27)24-20(29)14-30-26(34-24)33-23-5-4-17-15-36(11-10-35(2)3)8-6-21(17)32-23;1-11-29-21-14(23)6-13(7-17(21)33(11)10-18(25)26)20-15(24)9-28-22(32-20)31-19-3-2-12-8-27-5-4-16(12)30-19;1-12-28-21-15(24)8-14(9-18(21)32(12)7-5-23)20-16(25)11-27-22(31-20)30-19-3-2-13-10-26-6-4-17(13)29-19/h4-5,10-12,22H,6-9,13-14H2,1-3H3,(H,31,33,34,35);4-5,12-14H,6-11,15H2,1-3H3,(H,30,32,33,34);2-3,6-7,9,18,27H,4-5,8,10H2,1H3,(H,28,30,31,32);2-3,8-9,11,26H,4-7,10H2,1H3,(H,27,29,30,31). The molecule has 4 aromatic carbocycles. The normalized spacial score (nSPS) is 13.7. The number of hydrogen-bond donors (Lipinski definition) is 6. The first kappa shape index (κ1) is 97.3. The molecule has 30 nitrogen and oxygen atoms in total. The second-order valence-corrected chi connectivity index (χ2v) is 34.4. The molecule has 0 saturated heterocycles. The highest BCUT2D eigenvalue weighted by molar-refractivity contribution is 5.87. The second-order valence-electron chi connectivity index (χ2n) is 34.4. The molecule has 16 heterocycles. The van der Waals surface area contributed by atoms with Crippen molar-refractivity contribution in [3.63, 3.8) is 0 Å². The third-order valence-electron chi connectivity index (χ3n) is 24.1. The van der Waals surface area contributed by atoms with Crippen LogP contribution in [0.2, 0.25) is 0 Å². The summed E-state index contributed by atoms with van der Waals surface area (Å²) in [5, 5.41) is 18.6. The maximum absolute atomic E-state index is 14.9. The van der Waals surface area contributed by atoms with Gasteiger partial charge in [0, 0.05) is 149 Å². The lowest BCUT2D eigenvalue weighted by Gasteiger charge is -2.29. The highest BCUT2D eigenvalue weighted by atomic mass is 19.3. The van der Waals surface area contributed by atoms with Crippen LogP contribution >= 0.6 is 0 Å². The summed E-state index contributed by atoms with van der Waals surface area (Å²) in [7, 11) is 8.24. The van der Waals surface area contributed by atoms with E-state index in [1.807, 2.05) is 42.5 Å². The van der Waals surface area contributed by atoms with Gasteiger partial charge in [0.2, 0.25) is 23.8 Å². The fourth-order valence-electron chi connectivity index (χ4n) is 17.2. The molecule has 20 rings (SSSR count). The van der Waals surface area contributed by atoms with Crippen molar-refractivity contribution < 1.29 is 61.5 Å². The van der Waals surface area contributed by atoms with Gasteiger partial charge in [0.15, 0.2) is 46.5 Å². The second kappa shape index (κ2) is 42.6. The number of pyridine rings is 4. The van der Waals surface area contributed by atoms with Crippen LogP contribution in [0.4, 0.5) is 109 Å². The van der Waals surface area contributed by atoms with Crippen LogP contribution in [-0.2, 0) is 78.0 Å². The smallest absolute Gasteiger partial charge is 0.256 e. The van der Waals surface area contributed by atoms with Crippen LogP contribution < -0.4 is 31.9 Å². The quantitative estimate of drug-likeness (QED) is 0.0274. The van der Waals surface area contributed by atoms with Gasteiger partial charge in [0.1, 0.15) is 105 Å². The minimum absolute atomic E-state index is 0.0295. The topological polar surface area (TPSA) is 311 Å². The molecule has 4 aliphatic heterocycles. The number of likely N-dealkylation sites (N-methyl/N-ethyl adjacent to an activating group) is 2. The first-order valence-electron chi connectivity index (χ1n) is 45.1. The Hall–Kier alpha value is -14.3. The molecule has 0 saturated carbocycles. The van der Waals surface area contributed by atoms with Crippen molar-refractivity contribution in [2.75, 3.05) is 115 Å². The summed E-state index contributed by atoms with van der Waals surface area (Å²) in [5.74, 6) is -1.75. The third kappa shape index (κ3) is 22.2. The van der Waals surface area contributed by atoms with Crippen LogP contribution in [0.5, 0.6) is 0 Å². The van der Waals surface area contributed by atoms with Gasteiger partial charge in [-0.05, 0) is 151 Å². The SMILES string of the molecule is Cc1nc2c(F)cc(-c3nc(Nc4ccc5c(n4)CCN(CCN(C)C)C5)ncc3F)cc2n1CC(F)F.Cc1nc2c(F)cc(-c3nc(Nc4ccc5c(n4)CCN(CCN(C)C)C5)ncc3F)cc2n1CCF.Cc1nc2c(F)cc(-c3nc(Nc4ccc5c(n4)CCNC5)ncc3F)cc2n1CC(F)F.Cc1nc2c(F)cc(-c3nc(Nc4ccc5c(n4)CCNC5)ncc3F)cc2n1CCF. The van der Waals surface area contributed by atoms with E-state index in [1.54, 1.807) is 41.2 Å². The summed E-state index contributed by atoms with van der Waals surface area (Å²) in [6, 6.07) is 25.7. The predicted molar refractivity (Wildman–Crippen MR) is 502 cm³/mol. The van der Waals surface area contributed by atoms with Crippen molar-refractivity contribution >= 4 is 91.2 Å². The molecular formula is C96H96F14N30. The van der Waals surface area contributed by atoms with Crippen LogP contribution in [0.1, 0.15) is 68.3 Å². The van der Waals surface area contributed by atoms with Crippen LogP contribution in [0.15, 0.2) is 122 Å². The number of rotatable bonds is 26. The van der Waals surface area contributed by atoms with Gasteiger partial charge in [-0.1, -0.05) is 24.3 Å². The van der Waals surface area contributed by atoms with E-state index in [0.29, 0.717) is 46.0 Å². The summed E-state index contributed by atoms with van der Waals surface area (Å²) >= 11 is 0. The molecule has 44 heteroatoms. The number of alkyl halides is 6. The summed E-state index contributed by atoms with van der Waals surface area (Å²) in [6.45, 7) is 14.5. The maximum atomic E-state index is 14.9. The molecule has 0 amide bonds. The van der Waals surface area contributed by atoms with Gasteiger partial charge in [0.05, 0.1) is 73.0 Å². The molecule has 0 bridgehead atoms. The Morgan fingerprint density at radius 1 is 0.336 bits per heavy atom. The van der Waals surface area contributed by atoms with Crippen molar-refractivity contribution in [2.24, 2.45) is 0 Å². The zero-order valence-electron chi connectivity index (χ0n) is 77.3. The van der Waals surface area contributed by atoms with Gasteiger partial charge in [-0.25, -0.2) is 141 Å². The van der Waals surface area contributed by atoms with E-state index < -0.39 is 85.8 Å². The van der Waals surface area contributed by atoms with Gasteiger partial charge in [-0.3, -0.25) is 9.80 Å². The number of fused-ring (bicyclic) bond motifs is 8. The van der Waals surface area contributed by atoms with E-state index in [9.17, 15) is 61.5 Å². The van der Waals surface area contributed by atoms with Crippen molar-refractivity contribution in [3.8, 4) is 45.0 Å². The summed E-state index contributed by atoms with van der Waals surface area (Å²) in [6.07, 6.45) is 1.94. The van der Waals surface area contributed by atoms with E-state index in [0.717, 1.165) is 181 Å². The highest BCUT2D eigenvalue weighted by Crippen LogP contribution is 2.37. The molecule has 16 aromatic rings. The monoisotopic (exact) mass is 1930 g/mol. The number of nitrogens with zero attached hydrogens (tertiary/aromatic N) is 24. The van der Waals surface area contributed by atoms with Crippen molar-refractivity contribution in [1.29, 1.82) is 0 Å². The Morgan fingerprint density at radius 2 is 0.614 bits per heavy atom. The lowest BCUT2D eigenvalue weighted by molar-refractivity contribution is 0.126. The zero-order valence-corrected chi connectivity index (χ0v) is 77.3. The molecular weight excluding hydrogens is 1840 g/mol. The summed E-state index contributed by atoms with van der Waals surface area (Å²) < 4.78 is 202. The Labute approximate surface area is 792 Å². The van der Waals surface area contributed by atoms with E-state index in [4.69, 9.17) is 9.97 Å². The first-order valence-corrected chi connectivity index (χ1v) is 45.1. The molecule has 12 aromatic heterocycles. The lowest BCUT2D eigenvalue weighted by atomic mass is 10.1. The number of hydrogen-bond acceptors (Lipinski definition) is 26. The largest absolute Gasteiger partial charge is 0.325 e. The van der Waals surface area contributed by atoms with Crippen LogP contribution in [-0.4, -0.2) is 224 Å². The minimum Gasteiger partial charge on any atom is -0.325 e. The number of aryl methyl sites for hydroxylation is 6. The van der Waals surface area contributed by atoms with Gasteiger partial charge in [-0.15, -0.1) is 0 Å².